The Morgan fingerprint density at radius 1 is 1.24 bits per heavy atom. The summed E-state index contributed by atoms with van der Waals surface area (Å²) in [6.45, 7) is 6.12. The monoisotopic (exact) mass is 299 g/mol. The van der Waals surface area contributed by atoms with Gasteiger partial charge in [0.05, 0.1) is 17.1 Å². The second-order valence-corrected chi connectivity index (χ2v) is 6.98. The third-order valence-corrected chi connectivity index (χ3v) is 5.53. The molecule has 1 unspecified atom stereocenters. The molecule has 21 heavy (non-hydrogen) atoms. The molecule has 4 nitrogen and oxygen atoms in total. The van der Waals surface area contributed by atoms with Crippen molar-refractivity contribution < 1.29 is 9.35 Å². The lowest BCUT2D eigenvalue weighted by Crippen LogP contribution is -2.33. The van der Waals surface area contributed by atoms with E-state index in [-0.39, 0.29) is 17.2 Å². The molecule has 0 N–H and O–H groups in total. The Hall–Kier alpha value is -2.24. The van der Waals surface area contributed by atoms with Crippen LogP contribution in [0.1, 0.15) is 11.1 Å². The number of hydrogen-bond donors (Lipinski definition) is 0. The Morgan fingerprint density at radius 3 is 2.57 bits per heavy atom. The van der Waals surface area contributed by atoms with Crippen LogP contribution in [0.25, 0.3) is 0 Å². The van der Waals surface area contributed by atoms with E-state index in [0.717, 1.165) is 10.8 Å². The maximum absolute atomic E-state index is 11.0. The first kappa shape index (κ1) is 15.2. The molecule has 0 aliphatic carbocycles. The minimum atomic E-state index is -1.79. The molecule has 2 rings (SSSR count). The molecule has 0 bridgehead atoms. The van der Waals surface area contributed by atoms with Crippen molar-refractivity contribution in [1.82, 2.24) is 0 Å². The lowest BCUT2D eigenvalue weighted by Gasteiger charge is -2.15. The second-order valence-electron chi connectivity index (χ2n) is 4.71. The smallest absolute Gasteiger partial charge is 0.274 e. The van der Waals surface area contributed by atoms with E-state index < -0.39 is 9.04 Å². The van der Waals surface area contributed by atoms with Crippen molar-refractivity contribution in [3.05, 3.63) is 82.1 Å². The quantitative estimate of drug-likeness (QED) is 0.468. The molecule has 0 amide bonds. The molecule has 2 aromatic carbocycles. The lowest BCUT2D eigenvalue weighted by atomic mass is 10.2. The van der Waals surface area contributed by atoms with Crippen LogP contribution >= 0.6 is 0 Å². The Kier molecular flexibility index (Phi) is 5.02. The minimum Gasteiger partial charge on any atom is -0.407 e. The fourth-order valence-corrected chi connectivity index (χ4v) is 3.96. The van der Waals surface area contributed by atoms with E-state index in [0.29, 0.717) is 5.56 Å². The number of nitro benzene ring substituents is 1. The van der Waals surface area contributed by atoms with Gasteiger partial charge in [-0.1, -0.05) is 42.1 Å². The number of rotatable bonds is 6. The van der Waals surface area contributed by atoms with E-state index in [1.807, 2.05) is 36.9 Å². The van der Waals surface area contributed by atoms with Gasteiger partial charge in [0.25, 0.3) is 5.69 Å². The van der Waals surface area contributed by atoms with Crippen molar-refractivity contribution in [2.75, 3.05) is 0 Å². The molecular formula is C16H17NO3Si. The van der Waals surface area contributed by atoms with Crippen molar-refractivity contribution in [1.29, 1.82) is 0 Å². The highest BCUT2D eigenvalue weighted by Gasteiger charge is 2.17. The summed E-state index contributed by atoms with van der Waals surface area (Å²) in [4.78, 5) is 10.6. The minimum absolute atomic E-state index is 0.0964. The summed E-state index contributed by atoms with van der Waals surface area (Å²) in [5, 5.41) is 12.2. The third-order valence-electron chi connectivity index (χ3n) is 3.32. The van der Waals surface area contributed by atoms with Crippen LogP contribution < -0.4 is 5.19 Å². The van der Waals surface area contributed by atoms with Crippen LogP contribution in [0.2, 0.25) is 0 Å². The van der Waals surface area contributed by atoms with E-state index in [4.69, 9.17) is 4.43 Å². The molecular weight excluding hydrogens is 282 g/mol. The molecule has 2 aromatic rings. The van der Waals surface area contributed by atoms with Crippen LogP contribution in [-0.4, -0.2) is 14.0 Å². The maximum Gasteiger partial charge on any atom is 0.274 e. The predicted molar refractivity (Wildman–Crippen MR) is 86.0 cm³/mol. The number of aryl methyl sites for hydroxylation is 1. The number of benzene rings is 2. The number of hydrogen-bond acceptors (Lipinski definition) is 3. The molecule has 0 saturated carbocycles. The van der Waals surface area contributed by atoms with Gasteiger partial charge in [-0.3, -0.25) is 10.1 Å². The van der Waals surface area contributed by atoms with E-state index in [9.17, 15) is 10.1 Å². The van der Waals surface area contributed by atoms with Crippen molar-refractivity contribution in [2.45, 2.75) is 13.5 Å². The van der Waals surface area contributed by atoms with Gasteiger partial charge in [0.2, 0.25) is 9.04 Å². The zero-order valence-electron chi connectivity index (χ0n) is 11.9. The van der Waals surface area contributed by atoms with Crippen LogP contribution in [0.4, 0.5) is 5.69 Å². The Morgan fingerprint density at radius 2 is 1.90 bits per heavy atom. The highest BCUT2D eigenvalue weighted by Crippen LogP contribution is 2.18. The van der Waals surface area contributed by atoms with Gasteiger partial charge >= 0.3 is 0 Å². The molecule has 1 atom stereocenters. The van der Waals surface area contributed by atoms with Crippen LogP contribution in [0.3, 0.4) is 0 Å². The molecule has 0 aliphatic rings. The second kappa shape index (κ2) is 6.96. The molecule has 0 radical (unpaired) electrons. The van der Waals surface area contributed by atoms with Crippen LogP contribution in [0.15, 0.2) is 60.8 Å². The molecule has 5 heteroatoms. The number of para-hydroxylation sites is 1. The van der Waals surface area contributed by atoms with Gasteiger partial charge in [0, 0.05) is 6.07 Å². The fraction of sp³-hybridized carbons (Fsp3) is 0.125. The van der Waals surface area contributed by atoms with Crippen LogP contribution in [-0.2, 0) is 11.0 Å². The molecule has 108 valence electrons. The third kappa shape index (κ3) is 3.65. The highest BCUT2D eigenvalue weighted by atomic mass is 28.3. The summed E-state index contributed by atoms with van der Waals surface area (Å²) in [6, 6.07) is 14.7. The van der Waals surface area contributed by atoms with Gasteiger partial charge in [-0.05, 0) is 23.7 Å². The molecule has 0 aromatic heterocycles. The normalized spacial score (nSPS) is 11.9. The Bertz CT molecular complexity index is 657. The molecule has 0 spiro atoms. The summed E-state index contributed by atoms with van der Waals surface area (Å²) in [7, 11) is -1.79. The van der Waals surface area contributed by atoms with Gasteiger partial charge in [-0.15, -0.1) is 6.58 Å². The van der Waals surface area contributed by atoms with E-state index in [1.165, 1.54) is 6.07 Å². The van der Waals surface area contributed by atoms with Gasteiger partial charge in [-0.25, -0.2) is 0 Å². The lowest BCUT2D eigenvalue weighted by molar-refractivity contribution is -0.385. The summed E-state index contributed by atoms with van der Waals surface area (Å²) >= 11 is 0. The largest absolute Gasteiger partial charge is 0.407 e. The standard InChI is InChI=1S/C16H17NO3Si/c1-3-21(16-11-7-4-8-13(16)2)20-12-14-9-5-6-10-15(14)17(18)19/h3-11,21H,1,12H2,2H3. The fourth-order valence-electron chi connectivity index (χ4n) is 2.18. The SMILES string of the molecule is C=C[SiH](OCc1ccccc1[N+](=O)[O-])c1ccccc1C. The summed E-state index contributed by atoms with van der Waals surface area (Å²) in [6.07, 6.45) is 0. The van der Waals surface area contributed by atoms with E-state index >= 15 is 0 Å². The highest BCUT2D eigenvalue weighted by molar-refractivity contribution is 6.72. The Balaban J connectivity index is 2.17. The molecule has 0 aliphatic heterocycles. The first-order valence-corrected chi connectivity index (χ1v) is 8.37. The first-order valence-electron chi connectivity index (χ1n) is 6.65. The Labute approximate surface area is 125 Å². The van der Waals surface area contributed by atoms with Crippen molar-refractivity contribution >= 4 is 19.9 Å². The first-order chi connectivity index (χ1) is 10.1. The van der Waals surface area contributed by atoms with E-state index in [1.54, 1.807) is 18.2 Å². The zero-order chi connectivity index (χ0) is 15.2. The predicted octanol–water partition coefficient (Wildman–Crippen LogP) is 2.78. The van der Waals surface area contributed by atoms with Gasteiger partial charge in [0.1, 0.15) is 0 Å². The van der Waals surface area contributed by atoms with Gasteiger partial charge in [-0.2, -0.15) is 0 Å². The number of nitro groups is 1. The summed E-state index contributed by atoms with van der Waals surface area (Å²) in [5.41, 5.74) is 3.70. The molecule has 0 fully saturated rings. The molecule has 0 heterocycles. The topological polar surface area (TPSA) is 52.4 Å². The summed E-state index contributed by atoms with van der Waals surface area (Å²) in [5.74, 6) is 0. The van der Waals surface area contributed by atoms with Gasteiger partial charge in [0.15, 0.2) is 0 Å². The molecule has 0 saturated heterocycles. The van der Waals surface area contributed by atoms with Crippen molar-refractivity contribution in [3.63, 3.8) is 0 Å². The van der Waals surface area contributed by atoms with E-state index in [2.05, 4.69) is 6.58 Å². The number of nitrogens with zero attached hydrogens (tertiary/aromatic N) is 1. The average Bonchev–Trinajstić information content (AvgIpc) is 2.49. The maximum atomic E-state index is 11.0. The van der Waals surface area contributed by atoms with Crippen molar-refractivity contribution in [2.24, 2.45) is 0 Å². The van der Waals surface area contributed by atoms with Crippen LogP contribution in [0, 0.1) is 17.0 Å². The zero-order valence-corrected chi connectivity index (χ0v) is 13.0. The van der Waals surface area contributed by atoms with Crippen molar-refractivity contribution in [3.8, 4) is 0 Å². The van der Waals surface area contributed by atoms with Gasteiger partial charge < -0.3 is 4.43 Å². The average molecular weight is 299 g/mol. The summed E-state index contributed by atoms with van der Waals surface area (Å²) < 4.78 is 5.95. The van der Waals surface area contributed by atoms with Crippen LogP contribution in [0.5, 0.6) is 0 Å².